The standard InChI is InChI=1S/C28H29NO7/c1-28(2)12-17-26(18(30)13-28)25(15-9-21(33-4)22(34-5)11-20(15)32-3)24-14-10-23(27(31)35-6)36-19(14)8-7-16(24)29-17/h7-11,25,29H,12-13H2,1-6H3. The Balaban J connectivity index is 1.84. The Hall–Kier alpha value is -3.94. The first kappa shape index (κ1) is 23.8. The first-order valence-electron chi connectivity index (χ1n) is 11.7. The molecule has 3 aromatic rings. The molecule has 2 aliphatic rings. The minimum Gasteiger partial charge on any atom is -0.496 e. The normalized spacial score (nSPS) is 18.3. The molecule has 1 aliphatic heterocycles. The van der Waals surface area contributed by atoms with Crippen molar-refractivity contribution in [2.24, 2.45) is 5.41 Å². The Kier molecular flexibility index (Phi) is 5.70. The van der Waals surface area contributed by atoms with Gasteiger partial charge in [-0.1, -0.05) is 13.8 Å². The molecule has 36 heavy (non-hydrogen) atoms. The lowest BCUT2D eigenvalue weighted by atomic mass is 9.68. The average molecular weight is 492 g/mol. The van der Waals surface area contributed by atoms with E-state index in [4.69, 9.17) is 23.4 Å². The fourth-order valence-electron chi connectivity index (χ4n) is 5.43. The number of esters is 1. The van der Waals surface area contributed by atoms with Crippen molar-refractivity contribution >= 4 is 28.4 Å². The summed E-state index contributed by atoms with van der Waals surface area (Å²) in [7, 11) is 6.03. The number of furan rings is 1. The highest BCUT2D eigenvalue weighted by Gasteiger charge is 2.43. The molecule has 1 aliphatic carbocycles. The van der Waals surface area contributed by atoms with Gasteiger partial charge in [0.2, 0.25) is 5.76 Å². The average Bonchev–Trinajstić information content (AvgIpc) is 3.30. The predicted octanol–water partition coefficient (Wildman–Crippen LogP) is 5.45. The van der Waals surface area contributed by atoms with Crippen LogP contribution in [0.15, 0.2) is 46.0 Å². The first-order chi connectivity index (χ1) is 17.2. The van der Waals surface area contributed by atoms with Crippen LogP contribution in [-0.4, -0.2) is 40.2 Å². The SMILES string of the molecule is COC(=O)c1cc2c3c(ccc2o1)NC1=C(C(=O)CC(C)(C)C1)C3c1cc(OC)c(OC)cc1OC. The van der Waals surface area contributed by atoms with Crippen LogP contribution in [0.3, 0.4) is 0 Å². The van der Waals surface area contributed by atoms with Crippen LogP contribution in [0.5, 0.6) is 17.2 Å². The van der Waals surface area contributed by atoms with Gasteiger partial charge in [-0.05, 0) is 41.7 Å². The van der Waals surface area contributed by atoms with Crippen molar-refractivity contribution in [2.45, 2.75) is 32.6 Å². The number of ether oxygens (including phenoxy) is 4. The van der Waals surface area contributed by atoms with E-state index in [2.05, 4.69) is 19.2 Å². The smallest absolute Gasteiger partial charge is 0.373 e. The van der Waals surface area contributed by atoms with Crippen molar-refractivity contribution in [3.63, 3.8) is 0 Å². The van der Waals surface area contributed by atoms with E-state index in [9.17, 15) is 9.59 Å². The summed E-state index contributed by atoms with van der Waals surface area (Å²) in [6.07, 6.45) is 1.14. The van der Waals surface area contributed by atoms with Crippen LogP contribution in [0, 0.1) is 5.41 Å². The Labute approximate surface area is 209 Å². The number of Topliss-reactive ketones (excluding diaryl/α,β-unsaturated/α-hetero) is 1. The van der Waals surface area contributed by atoms with Crippen LogP contribution >= 0.6 is 0 Å². The molecule has 1 N–H and O–H groups in total. The lowest BCUT2D eigenvalue weighted by Crippen LogP contribution is -2.34. The lowest BCUT2D eigenvalue weighted by Gasteiger charge is -2.40. The Morgan fingerprint density at radius 2 is 1.67 bits per heavy atom. The number of methoxy groups -OCH3 is 4. The Bertz CT molecular complexity index is 1430. The van der Waals surface area contributed by atoms with Crippen LogP contribution in [0.1, 0.15) is 54.3 Å². The molecule has 1 atom stereocenters. The highest BCUT2D eigenvalue weighted by atomic mass is 16.5. The number of ketones is 1. The molecule has 2 aromatic carbocycles. The number of carbonyl (C=O) groups is 2. The summed E-state index contributed by atoms with van der Waals surface area (Å²) in [5.74, 6) is 0.704. The number of carbonyl (C=O) groups excluding carboxylic acids is 2. The fraction of sp³-hybridized carbons (Fsp3) is 0.357. The molecular formula is C28H29NO7. The number of benzene rings is 2. The Morgan fingerprint density at radius 1 is 0.972 bits per heavy atom. The van der Waals surface area contributed by atoms with Crippen LogP contribution in [-0.2, 0) is 9.53 Å². The minimum absolute atomic E-state index is 0.0647. The number of hydrogen-bond acceptors (Lipinski definition) is 8. The summed E-state index contributed by atoms with van der Waals surface area (Å²) in [5.41, 5.74) is 4.33. The van der Waals surface area contributed by atoms with Gasteiger partial charge in [-0.3, -0.25) is 4.79 Å². The number of rotatable bonds is 5. The van der Waals surface area contributed by atoms with Gasteiger partial charge in [0.25, 0.3) is 0 Å². The van der Waals surface area contributed by atoms with E-state index in [1.807, 2.05) is 18.2 Å². The van der Waals surface area contributed by atoms with Crippen molar-refractivity contribution in [3.8, 4) is 17.2 Å². The van der Waals surface area contributed by atoms with Gasteiger partial charge in [0.15, 0.2) is 17.3 Å². The van der Waals surface area contributed by atoms with Gasteiger partial charge in [0, 0.05) is 46.3 Å². The van der Waals surface area contributed by atoms with Crippen molar-refractivity contribution in [1.29, 1.82) is 0 Å². The third-order valence-corrected chi connectivity index (χ3v) is 6.96. The summed E-state index contributed by atoms with van der Waals surface area (Å²) in [6, 6.07) is 9.03. The quantitative estimate of drug-likeness (QED) is 0.471. The topological polar surface area (TPSA) is 96.2 Å². The monoisotopic (exact) mass is 491 g/mol. The second-order valence-corrected chi connectivity index (χ2v) is 9.88. The van der Waals surface area contributed by atoms with Gasteiger partial charge >= 0.3 is 5.97 Å². The largest absolute Gasteiger partial charge is 0.496 e. The van der Waals surface area contributed by atoms with E-state index in [0.717, 1.165) is 28.9 Å². The maximum absolute atomic E-state index is 13.7. The van der Waals surface area contributed by atoms with Crippen molar-refractivity contribution in [3.05, 3.63) is 58.5 Å². The molecule has 2 heterocycles. The van der Waals surface area contributed by atoms with Gasteiger partial charge in [0.05, 0.1) is 28.4 Å². The third-order valence-electron chi connectivity index (χ3n) is 6.96. The first-order valence-corrected chi connectivity index (χ1v) is 11.7. The van der Waals surface area contributed by atoms with Crippen LogP contribution in [0.4, 0.5) is 5.69 Å². The van der Waals surface area contributed by atoms with E-state index < -0.39 is 11.9 Å². The molecule has 0 saturated carbocycles. The van der Waals surface area contributed by atoms with E-state index in [1.54, 1.807) is 33.5 Å². The highest BCUT2D eigenvalue weighted by molar-refractivity contribution is 6.05. The molecule has 188 valence electrons. The van der Waals surface area contributed by atoms with Gasteiger partial charge in [-0.25, -0.2) is 4.79 Å². The molecule has 0 spiro atoms. The van der Waals surface area contributed by atoms with Gasteiger partial charge < -0.3 is 28.7 Å². The zero-order valence-electron chi connectivity index (χ0n) is 21.2. The van der Waals surface area contributed by atoms with E-state index in [0.29, 0.717) is 40.2 Å². The number of nitrogens with one attached hydrogen (secondary N) is 1. The number of fused-ring (bicyclic) bond motifs is 3. The van der Waals surface area contributed by atoms with Crippen molar-refractivity contribution < 1.29 is 33.0 Å². The van der Waals surface area contributed by atoms with E-state index >= 15 is 0 Å². The molecule has 0 amide bonds. The molecular weight excluding hydrogens is 462 g/mol. The Morgan fingerprint density at radius 3 is 2.33 bits per heavy atom. The third kappa shape index (κ3) is 3.68. The lowest BCUT2D eigenvalue weighted by molar-refractivity contribution is -0.118. The van der Waals surface area contributed by atoms with Crippen molar-refractivity contribution in [1.82, 2.24) is 0 Å². The maximum Gasteiger partial charge on any atom is 0.373 e. The zero-order valence-corrected chi connectivity index (χ0v) is 21.2. The van der Waals surface area contributed by atoms with Crippen LogP contribution < -0.4 is 19.5 Å². The summed E-state index contributed by atoms with van der Waals surface area (Å²) in [6.45, 7) is 4.19. The molecule has 1 unspecified atom stereocenters. The maximum atomic E-state index is 13.7. The van der Waals surface area contributed by atoms with Gasteiger partial charge in [0.1, 0.15) is 11.3 Å². The number of allylic oxidation sites excluding steroid dienone is 2. The number of anilines is 1. The van der Waals surface area contributed by atoms with Gasteiger partial charge in [-0.15, -0.1) is 0 Å². The van der Waals surface area contributed by atoms with Crippen LogP contribution in [0.25, 0.3) is 11.0 Å². The highest BCUT2D eigenvalue weighted by Crippen LogP contribution is 2.54. The predicted molar refractivity (Wildman–Crippen MR) is 134 cm³/mol. The molecule has 8 heteroatoms. The molecule has 8 nitrogen and oxygen atoms in total. The molecule has 0 bridgehead atoms. The van der Waals surface area contributed by atoms with Crippen LogP contribution in [0.2, 0.25) is 0 Å². The molecule has 0 fully saturated rings. The van der Waals surface area contributed by atoms with Gasteiger partial charge in [-0.2, -0.15) is 0 Å². The summed E-state index contributed by atoms with van der Waals surface area (Å²) >= 11 is 0. The summed E-state index contributed by atoms with van der Waals surface area (Å²) in [5, 5.41) is 4.24. The fourth-order valence-corrected chi connectivity index (χ4v) is 5.43. The molecule has 5 rings (SSSR count). The number of hydrogen-bond donors (Lipinski definition) is 1. The molecule has 0 saturated heterocycles. The van der Waals surface area contributed by atoms with Crippen molar-refractivity contribution in [2.75, 3.05) is 33.8 Å². The molecule has 1 aromatic heterocycles. The summed E-state index contributed by atoms with van der Waals surface area (Å²) < 4.78 is 27.6. The minimum atomic E-state index is -0.570. The van der Waals surface area contributed by atoms with E-state index in [1.165, 1.54) is 7.11 Å². The second kappa shape index (κ2) is 8.62. The van der Waals surface area contributed by atoms with E-state index in [-0.39, 0.29) is 17.0 Å². The molecule has 0 radical (unpaired) electrons. The zero-order chi connectivity index (χ0) is 25.8. The second-order valence-electron chi connectivity index (χ2n) is 9.88. The summed E-state index contributed by atoms with van der Waals surface area (Å²) in [4.78, 5) is 26.0.